The minimum Gasteiger partial charge on any atom is -0.478 e. The zero-order chi connectivity index (χ0) is 22.7. The van der Waals surface area contributed by atoms with E-state index in [4.69, 9.17) is 5.11 Å². The number of hydrogen-bond donors (Lipinski definition) is 1. The number of hydrogen-bond acceptors (Lipinski definition) is 6. The van der Waals surface area contributed by atoms with Crippen LogP contribution in [0.2, 0.25) is 0 Å². The van der Waals surface area contributed by atoms with E-state index in [2.05, 4.69) is 4.98 Å². The van der Waals surface area contributed by atoms with E-state index in [-0.39, 0.29) is 22.7 Å². The summed E-state index contributed by atoms with van der Waals surface area (Å²) in [6, 6.07) is 16.0. The van der Waals surface area contributed by atoms with Gasteiger partial charge in [-0.15, -0.1) is 11.3 Å². The molecule has 0 aliphatic carbocycles. The van der Waals surface area contributed by atoms with E-state index in [0.29, 0.717) is 33.9 Å². The molecule has 2 heterocycles. The number of aromatic carboxylic acids is 1. The van der Waals surface area contributed by atoms with Gasteiger partial charge >= 0.3 is 5.97 Å². The number of rotatable bonds is 8. The van der Waals surface area contributed by atoms with Crippen LogP contribution in [0.5, 0.6) is 0 Å². The lowest BCUT2D eigenvalue weighted by atomic mass is 10.1. The highest BCUT2D eigenvalue weighted by Crippen LogP contribution is 2.24. The quantitative estimate of drug-likeness (QED) is 0.299. The number of carbonyl (C=O) groups is 2. The predicted octanol–water partition coefficient (Wildman–Crippen LogP) is 4.75. The molecular formula is C24H20N2O4S2. The summed E-state index contributed by atoms with van der Waals surface area (Å²) < 4.78 is 1.96. The minimum atomic E-state index is -1.04. The van der Waals surface area contributed by atoms with Crippen molar-refractivity contribution in [1.29, 1.82) is 0 Å². The molecule has 2 aromatic carbocycles. The maximum absolute atomic E-state index is 13.1. The van der Waals surface area contributed by atoms with Gasteiger partial charge in [0.15, 0.2) is 5.16 Å². The van der Waals surface area contributed by atoms with Gasteiger partial charge in [0.05, 0.1) is 22.5 Å². The number of thiophene rings is 1. The van der Waals surface area contributed by atoms with Crippen LogP contribution in [0.25, 0.3) is 15.9 Å². The summed E-state index contributed by atoms with van der Waals surface area (Å²) in [5.41, 5.74) is 3.29. The van der Waals surface area contributed by atoms with E-state index in [9.17, 15) is 14.4 Å². The standard InChI is InChI=1S/C24H20N2O4S2/c1-15-2-4-16(5-3-15)6-11-19(27)14-32-24-25-20-12-13-31-21(20)22(28)26(24)18-9-7-17(8-10-18)23(29)30/h2-5,7-10,12-13H,6,11,14H2,1H3,(H,29,30). The van der Waals surface area contributed by atoms with Gasteiger partial charge in [-0.2, -0.15) is 0 Å². The highest BCUT2D eigenvalue weighted by molar-refractivity contribution is 7.99. The molecule has 0 fully saturated rings. The van der Waals surface area contributed by atoms with Gasteiger partial charge in [-0.3, -0.25) is 14.2 Å². The summed E-state index contributed by atoms with van der Waals surface area (Å²) in [6.07, 6.45) is 1.08. The highest BCUT2D eigenvalue weighted by atomic mass is 32.2. The number of carboxylic acid groups (broad SMARTS) is 1. The highest BCUT2D eigenvalue weighted by Gasteiger charge is 2.16. The molecule has 0 atom stereocenters. The Hall–Kier alpha value is -3.23. The molecule has 6 nitrogen and oxygen atoms in total. The van der Waals surface area contributed by atoms with E-state index in [1.165, 1.54) is 45.4 Å². The van der Waals surface area contributed by atoms with Gasteiger partial charge in [0.1, 0.15) is 10.5 Å². The number of benzene rings is 2. The fraction of sp³-hybridized carbons (Fsp3) is 0.167. The van der Waals surface area contributed by atoms with Gasteiger partial charge in [0.2, 0.25) is 0 Å². The topological polar surface area (TPSA) is 89.3 Å². The number of ketones is 1. The third-order valence-electron chi connectivity index (χ3n) is 5.00. The van der Waals surface area contributed by atoms with E-state index in [1.54, 1.807) is 23.6 Å². The molecule has 0 unspecified atom stereocenters. The first-order valence-corrected chi connectivity index (χ1v) is 11.8. The first-order chi connectivity index (χ1) is 15.4. The second-order valence-electron chi connectivity index (χ2n) is 7.33. The van der Waals surface area contributed by atoms with Gasteiger partial charge < -0.3 is 5.11 Å². The molecule has 0 bridgehead atoms. The number of fused-ring (bicyclic) bond motifs is 1. The van der Waals surface area contributed by atoms with Crippen molar-refractivity contribution in [2.75, 3.05) is 5.75 Å². The minimum absolute atomic E-state index is 0.0722. The fourth-order valence-corrected chi connectivity index (χ4v) is 4.90. The Kier molecular flexibility index (Phi) is 6.53. The monoisotopic (exact) mass is 464 g/mol. The van der Waals surface area contributed by atoms with Crippen molar-refractivity contribution in [3.63, 3.8) is 0 Å². The Bertz CT molecular complexity index is 1340. The van der Waals surface area contributed by atoms with Crippen LogP contribution in [0.3, 0.4) is 0 Å². The van der Waals surface area contributed by atoms with Crippen LogP contribution in [-0.4, -0.2) is 32.2 Å². The molecule has 2 aromatic heterocycles. The number of carboxylic acids is 1. The molecule has 0 saturated carbocycles. The van der Waals surface area contributed by atoms with Gasteiger partial charge in [-0.1, -0.05) is 41.6 Å². The van der Waals surface area contributed by atoms with Gasteiger partial charge in [0.25, 0.3) is 5.56 Å². The Morgan fingerprint density at radius 2 is 1.78 bits per heavy atom. The van der Waals surface area contributed by atoms with Gasteiger partial charge in [-0.05, 0) is 54.6 Å². The molecule has 4 aromatic rings. The van der Waals surface area contributed by atoms with Gasteiger partial charge in [-0.25, -0.2) is 9.78 Å². The summed E-state index contributed by atoms with van der Waals surface area (Å²) >= 11 is 2.53. The van der Waals surface area contributed by atoms with Crippen LogP contribution in [0.4, 0.5) is 0 Å². The molecule has 0 spiro atoms. The summed E-state index contributed by atoms with van der Waals surface area (Å²) in [5, 5.41) is 11.4. The average molecular weight is 465 g/mol. The Labute approximate surface area is 192 Å². The number of aromatic nitrogens is 2. The summed E-state index contributed by atoms with van der Waals surface area (Å²) in [7, 11) is 0. The third kappa shape index (κ3) is 4.81. The van der Waals surface area contributed by atoms with Crippen molar-refractivity contribution < 1.29 is 14.7 Å². The number of aryl methyl sites for hydroxylation is 2. The van der Waals surface area contributed by atoms with Crippen LogP contribution >= 0.6 is 23.1 Å². The van der Waals surface area contributed by atoms with Crippen LogP contribution in [0, 0.1) is 6.92 Å². The fourth-order valence-electron chi connectivity index (χ4n) is 3.23. The molecule has 162 valence electrons. The lowest BCUT2D eigenvalue weighted by molar-refractivity contribution is -0.116. The van der Waals surface area contributed by atoms with Crippen molar-refractivity contribution >= 4 is 45.1 Å². The lowest BCUT2D eigenvalue weighted by Gasteiger charge is -2.12. The second-order valence-corrected chi connectivity index (χ2v) is 9.19. The lowest BCUT2D eigenvalue weighted by Crippen LogP contribution is -2.21. The van der Waals surface area contributed by atoms with E-state index in [1.807, 2.05) is 31.2 Å². The Morgan fingerprint density at radius 1 is 1.06 bits per heavy atom. The van der Waals surface area contributed by atoms with Crippen molar-refractivity contribution in [1.82, 2.24) is 9.55 Å². The van der Waals surface area contributed by atoms with Gasteiger partial charge in [0, 0.05) is 6.42 Å². The Morgan fingerprint density at radius 3 is 2.47 bits per heavy atom. The molecule has 32 heavy (non-hydrogen) atoms. The molecule has 0 amide bonds. The summed E-state index contributed by atoms with van der Waals surface area (Å²) in [4.78, 5) is 41.4. The number of carbonyl (C=O) groups excluding carboxylic acids is 1. The Balaban J connectivity index is 1.56. The van der Waals surface area contributed by atoms with Crippen molar-refractivity contribution in [3.05, 3.63) is 87.0 Å². The number of Topliss-reactive ketones (excluding diaryl/α,β-unsaturated/α-hetero) is 1. The maximum atomic E-state index is 13.1. The third-order valence-corrected chi connectivity index (χ3v) is 6.89. The number of thioether (sulfide) groups is 1. The largest absolute Gasteiger partial charge is 0.478 e. The second kappa shape index (κ2) is 9.50. The zero-order valence-corrected chi connectivity index (χ0v) is 18.9. The normalized spacial score (nSPS) is 11.0. The van der Waals surface area contributed by atoms with Crippen molar-refractivity contribution in [2.24, 2.45) is 0 Å². The predicted molar refractivity (Wildman–Crippen MR) is 127 cm³/mol. The molecule has 0 aliphatic rings. The molecule has 8 heteroatoms. The molecule has 1 N–H and O–H groups in total. The van der Waals surface area contributed by atoms with E-state index < -0.39 is 5.97 Å². The van der Waals surface area contributed by atoms with Crippen molar-refractivity contribution in [3.8, 4) is 5.69 Å². The molecule has 0 aliphatic heterocycles. The van der Waals surface area contributed by atoms with E-state index in [0.717, 1.165) is 5.56 Å². The summed E-state index contributed by atoms with van der Waals surface area (Å²) in [6.45, 7) is 2.03. The van der Waals surface area contributed by atoms with Crippen LogP contribution in [-0.2, 0) is 11.2 Å². The summed E-state index contributed by atoms with van der Waals surface area (Å²) in [5.74, 6) is -0.770. The van der Waals surface area contributed by atoms with Crippen LogP contribution < -0.4 is 5.56 Å². The smallest absolute Gasteiger partial charge is 0.335 e. The average Bonchev–Trinajstić information content (AvgIpc) is 3.26. The number of nitrogens with zero attached hydrogens (tertiary/aromatic N) is 2. The zero-order valence-electron chi connectivity index (χ0n) is 17.3. The molecule has 4 rings (SSSR count). The molecular weight excluding hydrogens is 444 g/mol. The first-order valence-electron chi connectivity index (χ1n) is 9.96. The maximum Gasteiger partial charge on any atom is 0.335 e. The van der Waals surface area contributed by atoms with E-state index >= 15 is 0 Å². The first kappa shape index (κ1) is 22.0. The van der Waals surface area contributed by atoms with Crippen LogP contribution in [0.1, 0.15) is 27.9 Å². The molecule has 0 saturated heterocycles. The van der Waals surface area contributed by atoms with Crippen molar-refractivity contribution in [2.45, 2.75) is 24.9 Å². The van der Waals surface area contributed by atoms with Crippen LogP contribution in [0.15, 0.2) is 69.9 Å². The molecule has 0 radical (unpaired) electrons. The SMILES string of the molecule is Cc1ccc(CCC(=O)CSc2nc3ccsc3c(=O)n2-c2ccc(C(=O)O)cc2)cc1.